The maximum absolute atomic E-state index is 12.4. The third-order valence-electron chi connectivity index (χ3n) is 4.80. The maximum Gasteiger partial charge on any atom is 0.232 e. The van der Waals surface area contributed by atoms with Crippen molar-refractivity contribution >= 4 is 17.7 Å². The Bertz CT molecular complexity index is 430. The molecule has 0 aromatic heterocycles. The van der Waals surface area contributed by atoms with E-state index in [9.17, 15) is 14.4 Å². The summed E-state index contributed by atoms with van der Waals surface area (Å²) in [7, 11) is 0. The molecule has 2 aliphatic rings. The van der Waals surface area contributed by atoms with Crippen LogP contribution in [0.15, 0.2) is 0 Å². The molecule has 22 heavy (non-hydrogen) atoms. The number of piperidine rings is 1. The first kappa shape index (κ1) is 16.8. The Labute approximate surface area is 132 Å². The van der Waals surface area contributed by atoms with E-state index < -0.39 is 0 Å². The summed E-state index contributed by atoms with van der Waals surface area (Å²) in [4.78, 5) is 41.3. The monoisotopic (exact) mass is 309 g/mol. The van der Waals surface area contributed by atoms with Crippen LogP contribution in [0.5, 0.6) is 0 Å². The smallest absolute Gasteiger partial charge is 0.232 e. The second-order valence-corrected chi connectivity index (χ2v) is 6.21. The summed E-state index contributed by atoms with van der Waals surface area (Å²) < 4.78 is 0. The molecule has 2 rings (SSSR count). The van der Waals surface area contributed by atoms with Gasteiger partial charge in [0, 0.05) is 45.7 Å². The SMILES string of the molecule is CCC1CCCCN1C(=O)CC(=O)N1CCN(C(C)=O)CC1. The number of carbonyl (C=O) groups is 3. The minimum absolute atomic E-state index is 0.0312. The molecule has 0 aromatic carbocycles. The van der Waals surface area contributed by atoms with Gasteiger partial charge < -0.3 is 14.7 Å². The predicted molar refractivity (Wildman–Crippen MR) is 83.1 cm³/mol. The normalized spacial score (nSPS) is 22.6. The fourth-order valence-electron chi connectivity index (χ4n) is 3.37. The van der Waals surface area contributed by atoms with Crippen molar-refractivity contribution in [1.29, 1.82) is 0 Å². The Balaban J connectivity index is 1.84. The molecule has 0 N–H and O–H groups in total. The van der Waals surface area contributed by atoms with Crippen LogP contribution in [-0.2, 0) is 14.4 Å². The molecule has 1 atom stereocenters. The topological polar surface area (TPSA) is 60.9 Å². The zero-order valence-corrected chi connectivity index (χ0v) is 13.7. The third kappa shape index (κ3) is 3.99. The minimum Gasteiger partial charge on any atom is -0.339 e. The molecule has 0 saturated carbocycles. The highest BCUT2D eigenvalue weighted by atomic mass is 16.2. The molecule has 1 unspecified atom stereocenters. The quantitative estimate of drug-likeness (QED) is 0.727. The van der Waals surface area contributed by atoms with Gasteiger partial charge in [0.1, 0.15) is 6.42 Å². The molecule has 6 heteroatoms. The number of carbonyl (C=O) groups excluding carboxylic acids is 3. The molecule has 2 aliphatic heterocycles. The van der Waals surface area contributed by atoms with Crippen molar-refractivity contribution in [2.45, 2.75) is 52.0 Å². The van der Waals surface area contributed by atoms with Crippen LogP contribution in [0.4, 0.5) is 0 Å². The first-order chi connectivity index (χ1) is 10.5. The molecule has 0 aliphatic carbocycles. The van der Waals surface area contributed by atoms with Crippen molar-refractivity contribution in [3.8, 4) is 0 Å². The number of piperazine rings is 1. The van der Waals surface area contributed by atoms with Crippen LogP contribution in [0.3, 0.4) is 0 Å². The van der Waals surface area contributed by atoms with Gasteiger partial charge in [-0.05, 0) is 25.7 Å². The van der Waals surface area contributed by atoms with Crippen LogP contribution in [0.1, 0.15) is 46.0 Å². The lowest BCUT2D eigenvalue weighted by Gasteiger charge is -2.37. The highest BCUT2D eigenvalue weighted by molar-refractivity contribution is 5.97. The number of amides is 3. The molecule has 3 amide bonds. The summed E-state index contributed by atoms with van der Waals surface area (Å²) in [6.07, 6.45) is 4.18. The van der Waals surface area contributed by atoms with Gasteiger partial charge in [-0.25, -0.2) is 0 Å². The molecular formula is C16H27N3O3. The average Bonchev–Trinajstić information content (AvgIpc) is 2.54. The maximum atomic E-state index is 12.4. The molecule has 0 radical (unpaired) electrons. The third-order valence-corrected chi connectivity index (χ3v) is 4.80. The van der Waals surface area contributed by atoms with Crippen LogP contribution < -0.4 is 0 Å². The van der Waals surface area contributed by atoms with Crippen LogP contribution in [0, 0.1) is 0 Å². The van der Waals surface area contributed by atoms with E-state index in [-0.39, 0.29) is 24.1 Å². The number of rotatable bonds is 3. The largest absolute Gasteiger partial charge is 0.339 e. The molecule has 2 saturated heterocycles. The van der Waals surface area contributed by atoms with E-state index >= 15 is 0 Å². The Morgan fingerprint density at radius 2 is 1.55 bits per heavy atom. The van der Waals surface area contributed by atoms with Crippen molar-refractivity contribution in [1.82, 2.24) is 14.7 Å². The van der Waals surface area contributed by atoms with Gasteiger partial charge >= 0.3 is 0 Å². The Morgan fingerprint density at radius 3 is 2.14 bits per heavy atom. The van der Waals surface area contributed by atoms with Crippen molar-refractivity contribution in [2.24, 2.45) is 0 Å². The first-order valence-corrected chi connectivity index (χ1v) is 8.35. The van der Waals surface area contributed by atoms with Gasteiger partial charge in [0.15, 0.2) is 0 Å². The van der Waals surface area contributed by atoms with Gasteiger partial charge in [0.2, 0.25) is 17.7 Å². The number of nitrogens with zero attached hydrogens (tertiary/aromatic N) is 3. The molecular weight excluding hydrogens is 282 g/mol. The van der Waals surface area contributed by atoms with Crippen molar-refractivity contribution in [3.63, 3.8) is 0 Å². The number of hydrogen-bond donors (Lipinski definition) is 0. The van der Waals surface area contributed by atoms with E-state index in [0.29, 0.717) is 32.2 Å². The summed E-state index contributed by atoms with van der Waals surface area (Å²) in [6.45, 7) is 6.61. The summed E-state index contributed by atoms with van der Waals surface area (Å²) in [5.74, 6) is -0.0959. The van der Waals surface area contributed by atoms with E-state index in [2.05, 4.69) is 6.92 Å². The number of likely N-dealkylation sites (tertiary alicyclic amines) is 1. The second-order valence-electron chi connectivity index (χ2n) is 6.21. The van der Waals surface area contributed by atoms with E-state index in [1.54, 1.807) is 16.7 Å². The van der Waals surface area contributed by atoms with Crippen molar-refractivity contribution in [3.05, 3.63) is 0 Å². The molecule has 0 spiro atoms. The average molecular weight is 309 g/mol. The summed E-state index contributed by atoms with van der Waals surface area (Å²) in [6, 6.07) is 0.295. The van der Waals surface area contributed by atoms with Crippen LogP contribution in [0.25, 0.3) is 0 Å². The van der Waals surface area contributed by atoms with Crippen molar-refractivity contribution < 1.29 is 14.4 Å². The van der Waals surface area contributed by atoms with E-state index in [1.165, 1.54) is 6.42 Å². The predicted octanol–water partition coefficient (Wildman–Crippen LogP) is 0.858. The summed E-state index contributed by atoms with van der Waals surface area (Å²) in [5.41, 5.74) is 0. The molecule has 2 fully saturated rings. The standard InChI is InChI=1S/C16H27N3O3/c1-3-14-6-4-5-7-19(14)16(22)12-15(21)18-10-8-17(9-11-18)13(2)20/h14H,3-12H2,1-2H3. The lowest BCUT2D eigenvalue weighted by Crippen LogP contribution is -2.51. The van der Waals surface area contributed by atoms with Crippen LogP contribution >= 0.6 is 0 Å². The van der Waals surface area contributed by atoms with Gasteiger partial charge in [-0.1, -0.05) is 6.92 Å². The van der Waals surface area contributed by atoms with Gasteiger partial charge in [0.25, 0.3) is 0 Å². The highest BCUT2D eigenvalue weighted by Crippen LogP contribution is 2.20. The molecule has 2 heterocycles. The zero-order valence-electron chi connectivity index (χ0n) is 13.7. The molecule has 0 aromatic rings. The fourth-order valence-corrected chi connectivity index (χ4v) is 3.37. The van der Waals surface area contributed by atoms with E-state index in [4.69, 9.17) is 0 Å². The second kappa shape index (κ2) is 7.61. The zero-order chi connectivity index (χ0) is 16.1. The Hall–Kier alpha value is -1.59. The van der Waals surface area contributed by atoms with Gasteiger partial charge in [-0.2, -0.15) is 0 Å². The Morgan fingerprint density at radius 1 is 0.909 bits per heavy atom. The van der Waals surface area contributed by atoms with E-state index in [1.807, 2.05) is 4.90 Å². The van der Waals surface area contributed by atoms with Crippen LogP contribution in [0.2, 0.25) is 0 Å². The molecule has 124 valence electrons. The fraction of sp³-hybridized carbons (Fsp3) is 0.812. The van der Waals surface area contributed by atoms with Gasteiger partial charge in [-0.15, -0.1) is 0 Å². The first-order valence-electron chi connectivity index (χ1n) is 8.35. The minimum atomic E-state index is -0.103. The molecule has 0 bridgehead atoms. The van der Waals surface area contributed by atoms with E-state index in [0.717, 1.165) is 25.8 Å². The van der Waals surface area contributed by atoms with Gasteiger partial charge in [-0.3, -0.25) is 14.4 Å². The number of hydrogen-bond acceptors (Lipinski definition) is 3. The summed E-state index contributed by atoms with van der Waals surface area (Å²) >= 11 is 0. The van der Waals surface area contributed by atoms with Crippen LogP contribution in [-0.4, -0.2) is 71.2 Å². The highest BCUT2D eigenvalue weighted by Gasteiger charge is 2.29. The van der Waals surface area contributed by atoms with Gasteiger partial charge in [0.05, 0.1) is 0 Å². The summed E-state index contributed by atoms with van der Waals surface area (Å²) in [5, 5.41) is 0. The lowest BCUT2D eigenvalue weighted by molar-refractivity contribution is -0.145. The van der Waals surface area contributed by atoms with Crippen molar-refractivity contribution in [2.75, 3.05) is 32.7 Å². The lowest BCUT2D eigenvalue weighted by atomic mass is 9.99. The molecule has 6 nitrogen and oxygen atoms in total. The Kier molecular flexibility index (Phi) is 5.80.